The number of carbonyl (C=O) groups is 3. The second kappa shape index (κ2) is 9.15. The van der Waals surface area contributed by atoms with Gasteiger partial charge in [0.05, 0.1) is 17.4 Å². The highest BCUT2D eigenvalue weighted by Gasteiger charge is 2.38. The van der Waals surface area contributed by atoms with Crippen molar-refractivity contribution in [3.05, 3.63) is 27.2 Å². The lowest BCUT2D eigenvalue weighted by Crippen LogP contribution is -2.37. The van der Waals surface area contributed by atoms with Crippen molar-refractivity contribution < 1.29 is 19.5 Å². The zero-order valence-electron chi connectivity index (χ0n) is 18.4. The molecule has 0 bridgehead atoms. The van der Waals surface area contributed by atoms with Crippen molar-refractivity contribution in [2.75, 3.05) is 5.32 Å². The number of rotatable bonds is 5. The predicted molar refractivity (Wildman–Crippen MR) is 122 cm³/mol. The number of nitrogens with one attached hydrogen (secondary N) is 2. The number of hydrogen-bond acceptors (Lipinski definition) is 4. The molecular formula is C24H32N2O4S. The number of hydrogen-bond donors (Lipinski definition) is 3. The summed E-state index contributed by atoms with van der Waals surface area (Å²) in [5.41, 5.74) is 3.83. The van der Waals surface area contributed by atoms with Gasteiger partial charge >= 0.3 is 5.97 Å². The third kappa shape index (κ3) is 4.56. The minimum absolute atomic E-state index is 0.0908. The average Bonchev–Trinajstić information content (AvgIpc) is 3.36. The summed E-state index contributed by atoms with van der Waals surface area (Å²) >= 11 is 1.50. The molecule has 3 N–H and O–H groups in total. The molecule has 0 radical (unpaired) electrons. The first-order valence-electron chi connectivity index (χ1n) is 11.5. The van der Waals surface area contributed by atoms with Gasteiger partial charge in [0.15, 0.2) is 0 Å². The van der Waals surface area contributed by atoms with Crippen LogP contribution in [-0.2, 0) is 22.4 Å². The van der Waals surface area contributed by atoms with Crippen molar-refractivity contribution in [3.63, 3.8) is 0 Å². The third-order valence-corrected chi connectivity index (χ3v) is 8.45. The van der Waals surface area contributed by atoms with Gasteiger partial charge in [-0.15, -0.1) is 11.3 Å². The number of thiophene rings is 1. The fraction of sp³-hybridized carbons (Fsp3) is 0.625. The maximum absolute atomic E-state index is 13.2. The molecule has 1 heterocycles. The summed E-state index contributed by atoms with van der Waals surface area (Å²) in [5, 5.41) is 16.5. The SMILES string of the molecule is CC1=C(C)C[C@@H](C(=O)Nc2sc3c(c2C(=O)NC2CCCC2)CCCC3)[C@@H](C(=O)O)C1. The van der Waals surface area contributed by atoms with Crippen LogP contribution >= 0.6 is 11.3 Å². The van der Waals surface area contributed by atoms with Crippen LogP contribution in [0.25, 0.3) is 0 Å². The van der Waals surface area contributed by atoms with Crippen LogP contribution in [0.1, 0.15) is 86.0 Å². The number of aryl methyl sites for hydroxylation is 1. The smallest absolute Gasteiger partial charge is 0.307 e. The zero-order chi connectivity index (χ0) is 22.1. The molecule has 7 heteroatoms. The molecule has 0 saturated heterocycles. The molecule has 2 amide bonds. The number of allylic oxidation sites excluding steroid dienone is 2. The summed E-state index contributed by atoms with van der Waals surface area (Å²) in [4.78, 5) is 39.5. The van der Waals surface area contributed by atoms with Crippen LogP contribution in [0, 0.1) is 11.8 Å². The van der Waals surface area contributed by atoms with E-state index in [0.29, 0.717) is 23.4 Å². The van der Waals surface area contributed by atoms with E-state index in [2.05, 4.69) is 10.6 Å². The topological polar surface area (TPSA) is 95.5 Å². The molecule has 1 aromatic heterocycles. The molecule has 31 heavy (non-hydrogen) atoms. The minimum atomic E-state index is -0.934. The molecule has 1 aromatic rings. The van der Waals surface area contributed by atoms with E-state index in [1.54, 1.807) is 0 Å². The highest BCUT2D eigenvalue weighted by molar-refractivity contribution is 7.17. The van der Waals surface area contributed by atoms with Gasteiger partial charge < -0.3 is 15.7 Å². The van der Waals surface area contributed by atoms with Gasteiger partial charge in [-0.05, 0) is 70.8 Å². The number of anilines is 1. The van der Waals surface area contributed by atoms with E-state index in [1.165, 1.54) is 16.2 Å². The molecule has 3 aliphatic rings. The second-order valence-electron chi connectivity index (χ2n) is 9.38. The van der Waals surface area contributed by atoms with E-state index in [0.717, 1.165) is 68.1 Å². The van der Waals surface area contributed by atoms with Crippen LogP contribution in [0.5, 0.6) is 0 Å². The second-order valence-corrected chi connectivity index (χ2v) is 10.5. The summed E-state index contributed by atoms with van der Waals surface area (Å²) in [6, 6.07) is 0.209. The summed E-state index contributed by atoms with van der Waals surface area (Å²) in [5.74, 6) is -2.66. The standard InChI is InChI=1S/C24H32N2O4S/c1-13-11-17(18(24(29)30)12-14(13)2)21(27)26-23-20(16-9-5-6-10-19(16)31-23)22(28)25-15-7-3-4-8-15/h15,17-18H,3-12H2,1-2H3,(H,25,28)(H,26,27)(H,29,30)/t17-,18+/m1/s1. The third-order valence-electron chi connectivity index (χ3n) is 7.25. The first-order chi connectivity index (χ1) is 14.8. The van der Waals surface area contributed by atoms with Crippen LogP contribution in [0.15, 0.2) is 11.1 Å². The molecule has 0 aromatic carbocycles. The van der Waals surface area contributed by atoms with Crippen LogP contribution < -0.4 is 10.6 Å². The van der Waals surface area contributed by atoms with Crippen molar-refractivity contribution in [2.24, 2.45) is 11.8 Å². The largest absolute Gasteiger partial charge is 0.481 e. The quantitative estimate of drug-likeness (QED) is 0.574. The molecule has 3 aliphatic carbocycles. The predicted octanol–water partition coefficient (Wildman–Crippen LogP) is 4.69. The highest BCUT2D eigenvalue weighted by atomic mass is 32.1. The normalized spacial score (nSPS) is 24.1. The van der Waals surface area contributed by atoms with Gasteiger partial charge in [0.25, 0.3) is 5.91 Å². The Balaban J connectivity index is 1.60. The van der Waals surface area contributed by atoms with Gasteiger partial charge in [0.1, 0.15) is 5.00 Å². The first-order valence-corrected chi connectivity index (χ1v) is 12.3. The Morgan fingerprint density at radius 1 is 0.935 bits per heavy atom. The number of carbonyl (C=O) groups excluding carboxylic acids is 2. The summed E-state index contributed by atoms with van der Waals surface area (Å²) < 4.78 is 0. The Labute approximate surface area is 187 Å². The van der Waals surface area contributed by atoms with Crippen LogP contribution in [-0.4, -0.2) is 28.9 Å². The molecule has 0 aliphatic heterocycles. The van der Waals surface area contributed by atoms with E-state index in [4.69, 9.17) is 0 Å². The molecule has 0 spiro atoms. The zero-order valence-corrected chi connectivity index (χ0v) is 19.2. The van der Waals surface area contributed by atoms with E-state index in [9.17, 15) is 19.5 Å². The highest BCUT2D eigenvalue weighted by Crippen LogP contribution is 2.40. The van der Waals surface area contributed by atoms with Gasteiger partial charge in [0.2, 0.25) is 5.91 Å². The van der Waals surface area contributed by atoms with Gasteiger partial charge in [-0.2, -0.15) is 0 Å². The molecule has 2 atom stereocenters. The maximum atomic E-state index is 13.2. The lowest BCUT2D eigenvalue weighted by Gasteiger charge is -2.29. The van der Waals surface area contributed by atoms with Gasteiger partial charge in [-0.3, -0.25) is 14.4 Å². The van der Waals surface area contributed by atoms with Crippen molar-refractivity contribution in [1.82, 2.24) is 5.32 Å². The molecule has 168 valence electrons. The number of aliphatic carboxylic acids is 1. The molecule has 0 unspecified atom stereocenters. The van der Waals surface area contributed by atoms with Crippen molar-refractivity contribution in [1.29, 1.82) is 0 Å². The lowest BCUT2D eigenvalue weighted by atomic mass is 9.76. The van der Waals surface area contributed by atoms with Gasteiger partial charge in [-0.25, -0.2) is 0 Å². The fourth-order valence-corrected chi connectivity index (χ4v) is 6.54. The Bertz CT molecular complexity index is 926. The number of carboxylic acid groups (broad SMARTS) is 1. The van der Waals surface area contributed by atoms with Crippen molar-refractivity contribution >= 4 is 34.1 Å². The molecule has 4 rings (SSSR count). The van der Waals surface area contributed by atoms with Crippen molar-refractivity contribution in [2.45, 2.75) is 84.1 Å². The van der Waals surface area contributed by atoms with Crippen LogP contribution in [0.3, 0.4) is 0 Å². The van der Waals surface area contributed by atoms with E-state index in [-0.39, 0.29) is 17.9 Å². The number of fused-ring (bicyclic) bond motifs is 1. The Hall–Kier alpha value is -2.15. The first kappa shape index (κ1) is 22.1. The molecular weight excluding hydrogens is 412 g/mol. The molecule has 1 saturated carbocycles. The van der Waals surface area contributed by atoms with E-state index in [1.807, 2.05) is 13.8 Å². The summed E-state index contributed by atoms with van der Waals surface area (Å²) in [6.45, 7) is 3.91. The Kier molecular flexibility index (Phi) is 6.51. The summed E-state index contributed by atoms with van der Waals surface area (Å²) in [6.07, 6.45) is 9.07. The van der Waals surface area contributed by atoms with Gasteiger partial charge in [-0.1, -0.05) is 24.0 Å². The van der Waals surface area contributed by atoms with E-state index < -0.39 is 17.8 Å². The average molecular weight is 445 g/mol. The van der Waals surface area contributed by atoms with Crippen molar-refractivity contribution in [3.8, 4) is 0 Å². The van der Waals surface area contributed by atoms with Crippen LogP contribution in [0.4, 0.5) is 5.00 Å². The lowest BCUT2D eigenvalue weighted by molar-refractivity contribution is -0.146. The maximum Gasteiger partial charge on any atom is 0.307 e. The Morgan fingerprint density at radius 3 is 2.26 bits per heavy atom. The number of carboxylic acids is 1. The van der Waals surface area contributed by atoms with Gasteiger partial charge in [0, 0.05) is 10.9 Å². The fourth-order valence-electron chi connectivity index (χ4n) is 5.25. The summed E-state index contributed by atoms with van der Waals surface area (Å²) in [7, 11) is 0. The molecule has 6 nitrogen and oxygen atoms in total. The van der Waals surface area contributed by atoms with E-state index >= 15 is 0 Å². The Morgan fingerprint density at radius 2 is 1.58 bits per heavy atom. The number of amides is 2. The monoisotopic (exact) mass is 444 g/mol. The molecule has 1 fully saturated rings. The minimum Gasteiger partial charge on any atom is -0.481 e. The van der Waals surface area contributed by atoms with Crippen LogP contribution in [0.2, 0.25) is 0 Å².